The molecule has 0 radical (unpaired) electrons. The maximum absolute atomic E-state index is 14.0. The number of amides is 1. The van der Waals surface area contributed by atoms with E-state index in [-0.39, 0.29) is 23.5 Å². The highest BCUT2D eigenvalue weighted by Crippen LogP contribution is 2.29. The molecule has 2 atom stereocenters. The van der Waals surface area contributed by atoms with Crippen LogP contribution in [0.1, 0.15) is 78.5 Å². The molecule has 1 aromatic heterocycles. The van der Waals surface area contributed by atoms with Crippen molar-refractivity contribution in [1.29, 1.82) is 0 Å². The number of fused-ring (bicyclic) bond motifs is 1. The van der Waals surface area contributed by atoms with Gasteiger partial charge in [-0.3, -0.25) is 9.69 Å². The number of hydrogen-bond acceptors (Lipinski definition) is 3. The lowest BCUT2D eigenvalue weighted by atomic mass is 9.90. The van der Waals surface area contributed by atoms with Gasteiger partial charge in [-0.2, -0.15) is 0 Å². The van der Waals surface area contributed by atoms with Crippen molar-refractivity contribution in [3.63, 3.8) is 0 Å². The second kappa shape index (κ2) is 8.70. The van der Waals surface area contributed by atoms with Crippen LogP contribution in [0.5, 0.6) is 0 Å². The van der Waals surface area contributed by atoms with Crippen molar-refractivity contribution < 1.29 is 4.79 Å². The minimum atomic E-state index is 0.0709. The average Bonchev–Trinajstić information content (AvgIpc) is 3.04. The number of piperidine rings is 1. The minimum absolute atomic E-state index is 0.0709. The number of aromatic nitrogens is 2. The summed E-state index contributed by atoms with van der Waals surface area (Å²) in [6.45, 7) is 20.5. The van der Waals surface area contributed by atoms with Gasteiger partial charge in [-0.25, -0.2) is 4.98 Å². The summed E-state index contributed by atoms with van der Waals surface area (Å²) in [5.41, 5.74) is 2.03. The Labute approximate surface area is 182 Å². The van der Waals surface area contributed by atoms with Crippen LogP contribution in [0.15, 0.2) is 24.3 Å². The zero-order valence-electron chi connectivity index (χ0n) is 20.1. The highest BCUT2D eigenvalue weighted by atomic mass is 16.2. The summed E-state index contributed by atoms with van der Waals surface area (Å²) in [5.74, 6) is 1.62. The summed E-state index contributed by atoms with van der Waals surface area (Å²) < 4.78 is 2.11. The predicted molar refractivity (Wildman–Crippen MR) is 125 cm³/mol. The molecule has 1 aliphatic rings. The molecule has 5 nitrogen and oxygen atoms in total. The molecule has 166 valence electrons. The van der Waals surface area contributed by atoms with Crippen LogP contribution < -0.4 is 0 Å². The number of carbonyl (C=O) groups excluding carboxylic acids is 1. The maximum atomic E-state index is 14.0. The number of rotatable bonds is 5. The van der Waals surface area contributed by atoms with E-state index in [1.54, 1.807) is 0 Å². The molecular weight excluding hydrogens is 372 g/mol. The van der Waals surface area contributed by atoms with E-state index in [1.165, 1.54) is 0 Å². The normalized spacial score (nSPS) is 21.0. The summed E-state index contributed by atoms with van der Waals surface area (Å²) in [6, 6.07) is 8.46. The zero-order chi connectivity index (χ0) is 22.2. The first-order valence-electron chi connectivity index (χ1n) is 11.5. The van der Waals surface area contributed by atoms with E-state index >= 15 is 0 Å². The fourth-order valence-corrected chi connectivity index (χ4v) is 4.73. The Hall–Kier alpha value is -1.88. The highest BCUT2D eigenvalue weighted by molar-refractivity contribution is 5.95. The molecule has 0 aliphatic carbocycles. The fraction of sp³-hybridized carbons (Fsp3) is 0.680. The Morgan fingerprint density at radius 2 is 1.83 bits per heavy atom. The molecule has 0 spiro atoms. The summed E-state index contributed by atoms with van der Waals surface area (Å²) in [4.78, 5) is 23.4. The summed E-state index contributed by atoms with van der Waals surface area (Å²) >= 11 is 0. The van der Waals surface area contributed by atoms with Gasteiger partial charge < -0.3 is 9.47 Å². The van der Waals surface area contributed by atoms with E-state index in [1.807, 2.05) is 18.2 Å². The number of nitrogens with zero attached hydrogens (tertiary/aromatic N) is 4. The van der Waals surface area contributed by atoms with E-state index in [9.17, 15) is 4.79 Å². The summed E-state index contributed by atoms with van der Waals surface area (Å²) in [6.07, 6.45) is 1.05. The highest BCUT2D eigenvalue weighted by Gasteiger charge is 2.37. The number of carbonyl (C=O) groups is 1. The van der Waals surface area contributed by atoms with E-state index in [0.717, 1.165) is 37.1 Å². The predicted octanol–water partition coefficient (Wildman–Crippen LogP) is 5.22. The quantitative estimate of drug-likeness (QED) is 0.676. The lowest BCUT2D eigenvalue weighted by molar-refractivity contribution is 0.0150. The van der Waals surface area contributed by atoms with Crippen LogP contribution in [-0.2, 0) is 0 Å². The standard InChI is InChI=1S/C25H40N4O/c1-17(2)14-28(20-13-19(5)15-27(16-20)25(6,7)8)24(30)23-26-21-11-9-10-12-22(21)29(23)18(3)4/h9-12,17-20H,13-16H2,1-8H3/t19-,20+/m1/s1. The first kappa shape index (κ1) is 22.8. The second-order valence-corrected chi connectivity index (χ2v) is 10.8. The molecule has 0 saturated carbocycles. The minimum Gasteiger partial charge on any atom is -0.331 e. The Kier molecular flexibility index (Phi) is 6.61. The Balaban J connectivity index is 2.01. The SMILES string of the molecule is CC(C)CN(C(=O)c1nc2ccccc2n1C(C)C)[C@H]1C[C@@H](C)CN(C(C)(C)C)C1. The molecule has 1 aliphatic heterocycles. The van der Waals surface area contributed by atoms with Crippen molar-refractivity contribution >= 4 is 16.9 Å². The molecule has 0 N–H and O–H groups in total. The average molecular weight is 413 g/mol. The van der Waals surface area contributed by atoms with Crippen molar-refractivity contribution in [2.75, 3.05) is 19.6 Å². The van der Waals surface area contributed by atoms with E-state index in [4.69, 9.17) is 4.98 Å². The molecule has 5 heteroatoms. The van der Waals surface area contributed by atoms with Gasteiger partial charge in [0.05, 0.1) is 11.0 Å². The molecule has 2 heterocycles. The van der Waals surface area contributed by atoms with Crippen LogP contribution in [-0.4, -0.2) is 56.5 Å². The molecule has 0 bridgehead atoms. The lowest BCUT2D eigenvalue weighted by Gasteiger charge is -2.47. The molecule has 3 rings (SSSR count). The van der Waals surface area contributed by atoms with Gasteiger partial charge >= 0.3 is 0 Å². The molecular formula is C25H40N4O. The van der Waals surface area contributed by atoms with Crippen molar-refractivity contribution in [3.05, 3.63) is 30.1 Å². The van der Waals surface area contributed by atoms with Gasteiger partial charge in [-0.05, 0) is 65.0 Å². The molecule has 1 aromatic carbocycles. The van der Waals surface area contributed by atoms with Crippen LogP contribution in [0.2, 0.25) is 0 Å². The monoisotopic (exact) mass is 412 g/mol. The number of likely N-dealkylation sites (tertiary alicyclic amines) is 1. The van der Waals surface area contributed by atoms with Gasteiger partial charge in [-0.15, -0.1) is 0 Å². The van der Waals surface area contributed by atoms with Crippen molar-refractivity contribution in [2.45, 2.75) is 79.4 Å². The van der Waals surface area contributed by atoms with Gasteiger partial charge in [0.1, 0.15) is 0 Å². The number of benzene rings is 1. The lowest BCUT2D eigenvalue weighted by Crippen LogP contribution is -2.57. The molecule has 30 heavy (non-hydrogen) atoms. The third-order valence-corrected chi connectivity index (χ3v) is 6.15. The van der Waals surface area contributed by atoms with E-state index in [2.05, 4.69) is 75.8 Å². The molecule has 1 saturated heterocycles. The molecule has 2 aromatic rings. The first-order valence-corrected chi connectivity index (χ1v) is 11.5. The third-order valence-electron chi connectivity index (χ3n) is 6.15. The van der Waals surface area contributed by atoms with Gasteiger partial charge in [0, 0.05) is 37.3 Å². The van der Waals surface area contributed by atoms with E-state index < -0.39 is 0 Å². The number of para-hydroxylation sites is 2. The van der Waals surface area contributed by atoms with Crippen molar-refractivity contribution in [2.24, 2.45) is 11.8 Å². The van der Waals surface area contributed by atoms with Crippen LogP contribution in [0.25, 0.3) is 11.0 Å². The smallest absolute Gasteiger partial charge is 0.290 e. The largest absolute Gasteiger partial charge is 0.331 e. The number of imidazole rings is 1. The van der Waals surface area contributed by atoms with Crippen LogP contribution in [0.4, 0.5) is 0 Å². The van der Waals surface area contributed by atoms with Crippen LogP contribution >= 0.6 is 0 Å². The van der Waals surface area contributed by atoms with Crippen molar-refractivity contribution in [1.82, 2.24) is 19.4 Å². The molecule has 1 amide bonds. The van der Waals surface area contributed by atoms with Crippen LogP contribution in [0.3, 0.4) is 0 Å². The summed E-state index contributed by atoms with van der Waals surface area (Å²) in [5, 5.41) is 0. The zero-order valence-corrected chi connectivity index (χ0v) is 20.1. The van der Waals surface area contributed by atoms with E-state index in [0.29, 0.717) is 17.7 Å². The van der Waals surface area contributed by atoms with Gasteiger partial charge in [0.2, 0.25) is 0 Å². The topological polar surface area (TPSA) is 41.4 Å². The third kappa shape index (κ3) is 4.72. The molecule has 1 fully saturated rings. The van der Waals surface area contributed by atoms with Gasteiger partial charge in [-0.1, -0.05) is 32.9 Å². The maximum Gasteiger partial charge on any atom is 0.290 e. The van der Waals surface area contributed by atoms with Gasteiger partial charge in [0.25, 0.3) is 5.91 Å². The Morgan fingerprint density at radius 3 is 2.43 bits per heavy atom. The van der Waals surface area contributed by atoms with Crippen LogP contribution in [0, 0.1) is 11.8 Å². The second-order valence-electron chi connectivity index (χ2n) is 10.8. The first-order chi connectivity index (χ1) is 14.0. The number of hydrogen-bond donors (Lipinski definition) is 0. The Bertz CT molecular complexity index is 877. The summed E-state index contributed by atoms with van der Waals surface area (Å²) in [7, 11) is 0. The molecule has 0 unspecified atom stereocenters. The van der Waals surface area contributed by atoms with Gasteiger partial charge in [0.15, 0.2) is 5.82 Å². The Morgan fingerprint density at radius 1 is 1.17 bits per heavy atom. The fourth-order valence-electron chi connectivity index (χ4n) is 4.73. The van der Waals surface area contributed by atoms with Crippen molar-refractivity contribution in [3.8, 4) is 0 Å².